The van der Waals surface area contributed by atoms with Gasteiger partial charge in [-0.15, -0.1) is 0 Å². The molecule has 0 radical (unpaired) electrons. The molecule has 10 aromatic rings. The molecule has 113 heavy (non-hydrogen) atoms. The molecule has 0 atom stereocenters. The number of benzene rings is 10. The normalized spacial score (nSPS) is 11.8. The van der Waals surface area contributed by atoms with E-state index in [0.717, 1.165) is 117 Å². The maximum Gasteiger partial charge on any atom is 0.343 e. The fourth-order valence-corrected chi connectivity index (χ4v) is 16.9. The Hall–Kier alpha value is -11.2. The highest BCUT2D eigenvalue weighted by molar-refractivity contribution is 5.75. The molecule has 0 heterocycles. The molecule has 15 heteroatoms. The van der Waals surface area contributed by atoms with E-state index in [9.17, 15) is 45.0 Å². The third-order valence-corrected chi connectivity index (χ3v) is 25.0. The molecule has 0 fully saturated rings. The largest absolute Gasteiger partial charge is 0.507 e. The van der Waals surface area contributed by atoms with Gasteiger partial charge in [-0.1, -0.05) is 98.8 Å². The van der Waals surface area contributed by atoms with Crippen molar-refractivity contribution >= 4 is 17.9 Å². The van der Waals surface area contributed by atoms with E-state index in [1.807, 2.05) is 182 Å². The quantitative estimate of drug-likeness (QED) is 0.0199. The predicted octanol–water partition coefficient (Wildman–Crippen LogP) is 20.3. The molecule has 10 rings (SSSR count). The van der Waals surface area contributed by atoms with Gasteiger partial charge in [0.15, 0.2) is 19.8 Å². The van der Waals surface area contributed by atoms with Crippen LogP contribution < -0.4 is 14.2 Å². The summed E-state index contributed by atoms with van der Waals surface area (Å²) in [6.07, 6.45) is 0. The van der Waals surface area contributed by atoms with Crippen molar-refractivity contribution in [2.45, 2.75) is 195 Å². The van der Waals surface area contributed by atoms with Crippen LogP contribution in [0.3, 0.4) is 0 Å². The summed E-state index contributed by atoms with van der Waals surface area (Å²) in [7, 11) is 3.97. The van der Waals surface area contributed by atoms with E-state index < -0.39 is 59.7 Å². The average molecular weight is 1530 g/mol. The van der Waals surface area contributed by atoms with E-state index in [1.165, 1.54) is 21.3 Å². The Kier molecular flexibility index (Phi) is 24.2. The predicted molar refractivity (Wildman–Crippen MR) is 447 cm³/mol. The Morgan fingerprint density at radius 1 is 0.265 bits per heavy atom. The molecule has 0 unspecified atom stereocenters. The van der Waals surface area contributed by atoms with Crippen LogP contribution in [0.15, 0.2) is 97.1 Å². The van der Waals surface area contributed by atoms with Gasteiger partial charge in [-0.05, 0) is 342 Å². The number of rotatable bonds is 23. The van der Waals surface area contributed by atoms with Crippen molar-refractivity contribution in [3.8, 4) is 51.7 Å². The van der Waals surface area contributed by atoms with Gasteiger partial charge in [-0.2, -0.15) is 0 Å². The Bertz CT molecular complexity index is 5100. The van der Waals surface area contributed by atoms with Gasteiger partial charge in [0, 0.05) is 45.3 Å². The minimum atomic E-state index is -1.21. The van der Waals surface area contributed by atoms with Gasteiger partial charge in [0.2, 0.25) is 0 Å². The first-order valence-electron chi connectivity index (χ1n) is 38.4. The lowest BCUT2D eigenvalue weighted by atomic mass is 9.67. The number of aryl methyl sites for hydroxylation is 9. The minimum Gasteiger partial charge on any atom is -0.507 e. The second-order valence-corrected chi connectivity index (χ2v) is 32.1. The number of phenolic OH excluding ortho intramolecular Hbond substituents is 6. The zero-order valence-corrected chi connectivity index (χ0v) is 70.9. The Morgan fingerprint density at radius 3 is 0.690 bits per heavy atom. The molecule has 0 bridgehead atoms. The zero-order valence-electron chi connectivity index (χ0n) is 70.9. The molecule has 15 nitrogen and oxygen atoms in total. The Labute approximate surface area is 667 Å². The number of aromatic hydroxyl groups is 6. The lowest BCUT2D eigenvalue weighted by Gasteiger charge is -2.37. The fourth-order valence-electron chi connectivity index (χ4n) is 16.9. The Balaban J connectivity index is 1.35. The molecule has 0 saturated heterocycles. The average Bonchev–Trinajstić information content (AvgIpc) is 0.727. The highest BCUT2D eigenvalue weighted by atomic mass is 16.6. The summed E-state index contributed by atoms with van der Waals surface area (Å²) in [5.74, 6) is -1.24. The highest BCUT2D eigenvalue weighted by Crippen LogP contribution is 2.54. The number of esters is 3. The number of methoxy groups -OCH3 is 3. The molecular formula is C98H112O15. The van der Waals surface area contributed by atoms with Gasteiger partial charge in [-0.25, -0.2) is 14.4 Å². The van der Waals surface area contributed by atoms with Gasteiger partial charge in [0.05, 0.1) is 21.3 Å². The van der Waals surface area contributed by atoms with Crippen molar-refractivity contribution in [2.24, 2.45) is 0 Å². The van der Waals surface area contributed by atoms with Crippen LogP contribution in [0.5, 0.6) is 51.7 Å². The standard InChI is InChI=1S/C98H112O15/c1-47-35-73(56(10)62(16)88(47)102)85(74-36-48(2)89(103)63(17)57(74)11)79-41-70(32-53(7)94(79)111-44-82(99)108-25)97(22,23)68-28-30-69(31-29-68)98(24,71-33-54(8)95(112-45-83(100)109-26)80(42-71)86(75-37-49(3)90(104)64(18)58(75)12)76-38-50(4)91(105)65(19)59(76)13)72-34-55(9)96(113-46-84(101)110-27)81(43-72)87(77-39-51(5)92(106)66(20)60(77)14)78-40-52(6)93(107)67(21)61(78)15/h28-43,85-87,102-107H,44-46H2,1-27H3. The van der Waals surface area contributed by atoms with Crippen LogP contribution in [0.1, 0.15) is 233 Å². The second kappa shape index (κ2) is 32.5. The number of hydrogen-bond donors (Lipinski definition) is 6. The SMILES string of the molecule is COC(=O)COc1c(C)cc(C(C)(C)c2ccc(C(C)(c3cc(C)c(OCC(=O)OC)c(C(c4cc(C)c(O)c(C)c4C)c4cc(C)c(O)c(C)c4C)c3)c3cc(C)c(OCC(=O)OC)c(C(c4cc(C)c(O)c(C)c4C)c4cc(C)c(O)c(C)c4C)c3)cc2)cc1C(c1cc(C)c(O)c(C)c1C)c1cc(C)c(O)c(C)c1C. The lowest BCUT2D eigenvalue weighted by molar-refractivity contribution is -0.143. The van der Waals surface area contributed by atoms with Crippen molar-refractivity contribution in [2.75, 3.05) is 41.2 Å². The lowest BCUT2D eigenvalue weighted by Crippen LogP contribution is -2.28. The third kappa shape index (κ3) is 15.3. The fraction of sp³-hybridized carbons (Fsp3) is 0.357. The zero-order chi connectivity index (χ0) is 83.5. The molecule has 0 spiro atoms. The van der Waals surface area contributed by atoms with E-state index in [-0.39, 0.29) is 41.1 Å². The maximum atomic E-state index is 13.5. The second-order valence-electron chi connectivity index (χ2n) is 32.1. The Morgan fingerprint density at radius 2 is 0.469 bits per heavy atom. The van der Waals surface area contributed by atoms with Crippen molar-refractivity contribution in [1.29, 1.82) is 0 Å². The molecule has 0 aromatic heterocycles. The third-order valence-electron chi connectivity index (χ3n) is 25.0. The van der Waals surface area contributed by atoms with E-state index in [0.29, 0.717) is 95.1 Å². The van der Waals surface area contributed by atoms with Crippen molar-refractivity contribution in [3.63, 3.8) is 0 Å². The number of ether oxygens (including phenoxy) is 6. The summed E-state index contributed by atoms with van der Waals surface area (Å²) in [4.78, 5) is 40.2. The smallest absolute Gasteiger partial charge is 0.343 e. The van der Waals surface area contributed by atoms with Gasteiger partial charge < -0.3 is 59.1 Å². The summed E-state index contributed by atoms with van der Waals surface area (Å²) >= 11 is 0. The van der Waals surface area contributed by atoms with Gasteiger partial charge in [0.25, 0.3) is 0 Å². The van der Waals surface area contributed by atoms with Gasteiger partial charge in [-0.3, -0.25) is 0 Å². The van der Waals surface area contributed by atoms with Crippen LogP contribution in [0.4, 0.5) is 0 Å². The van der Waals surface area contributed by atoms with Gasteiger partial charge >= 0.3 is 17.9 Å². The topological polar surface area (TPSA) is 228 Å². The summed E-state index contributed by atoms with van der Waals surface area (Å²) in [5.41, 5.74) is 25.0. The molecule has 0 saturated carbocycles. The maximum absolute atomic E-state index is 13.5. The summed E-state index contributed by atoms with van der Waals surface area (Å²) in [6, 6.07) is 33.6. The molecule has 0 amide bonds. The van der Waals surface area contributed by atoms with Crippen molar-refractivity contribution in [3.05, 3.63) is 292 Å². The molecule has 0 aliphatic carbocycles. The van der Waals surface area contributed by atoms with Crippen LogP contribution >= 0.6 is 0 Å². The van der Waals surface area contributed by atoms with Crippen LogP contribution in [0.2, 0.25) is 0 Å². The molecule has 0 aliphatic heterocycles. The van der Waals surface area contributed by atoms with Crippen LogP contribution in [-0.2, 0) is 39.4 Å². The monoisotopic (exact) mass is 1530 g/mol. The number of carbonyl (C=O) groups is 3. The van der Waals surface area contributed by atoms with Gasteiger partial charge in [0.1, 0.15) is 51.7 Å². The number of phenols is 6. The van der Waals surface area contributed by atoms with E-state index in [2.05, 4.69) is 81.4 Å². The molecule has 6 N–H and O–H groups in total. The van der Waals surface area contributed by atoms with Crippen molar-refractivity contribution in [1.82, 2.24) is 0 Å². The van der Waals surface area contributed by atoms with E-state index in [1.54, 1.807) is 0 Å². The van der Waals surface area contributed by atoms with Crippen LogP contribution in [0, 0.1) is 145 Å². The summed E-state index contributed by atoms with van der Waals surface area (Å²) in [6.45, 7) is 46.0. The first-order chi connectivity index (χ1) is 53.0. The molecule has 0 aliphatic rings. The minimum absolute atomic E-state index is 0.167. The number of hydrogen-bond acceptors (Lipinski definition) is 15. The van der Waals surface area contributed by atoms with Crippen LogP contribution in [-0.4, -0.2) is 89.7 Å². The molecular weight excluding hydrogens is 1420 g/mol. The highest BCUT2D eigenvalue weighted by Gasteiger charge is 2.40. The molecule has 10 aromatic carbocycles. The van der Waals surface area contributed by atoms with Crippen molar-refractivity contribution < 1.29 is 73.4 Å². The summed E-state index contributed by atoms with van der Waals surface area (Å²) < 4.78 is 36.0. The van der Waals surface area contributed by atoms with E-state index in [4.69, 9.17) is 28.4 Å². The first kappa shape index (κ1) is 84.3. The molecule has 594 valence electrons. The summed E-state index contributed by atoms with van der Waals surface area (Å²) in [5, 5.41) is 69.8. The number of carbonyl (C=O) groups excluding carboxylic acids is 3. The van der Waals surface area contributed by atoms with E-state index >= 15 is 0 Å². The first-order valence-corrected chi connectivity index (χ1v) is 38.4. The van der Waals surface area contributed by atoms with Crippen LogP contribution in [0.25, 0.3) is 0 Å².